The summed E-state index contributed by atoms with van der Waals surface area (Å²) in [6.07, 6.45) is 0.170. The van der Waals surface area contributed by atoms with Crippen LogP contribution in [0.1, 0.15) is 36.7 Å². The van der Waals surface area contributed by atoms with E-state index in [2.05, 4.69) is 16.8 Å². The van der Waals surface area contributed by atoms with Crippen LogP contribution in [-0.4, -0.2) is 23.8 Å². The Labute approximate surface area is 140 Å². The quantitative estimate of drug-likeness (QED) is 0.791. The Bertz CT molecular complexity index is 667. The van der Waals surface area contributed by atoms with Gasteiger partial charge in [-0.05, 0) is 61.7 Å². The molecule has 2 aromatic rings. The molecule has 1 amide bonds. The Morgan fingerprint density at radius 3 is 2.70 bits per heavy atom. The van der Waals surface area contributed by atoms with Crippen LogP contribution < -0.4 is 10.1 Å². The highest BCUT2D eigenvalue weighted by molar-refractivity contribution is 7.07. The third-order valence-electron chi connectivity index (χ3n) is 3.43. The van der Waals surface area contributed by atoms with E-state index in [1.165, 1.54) is 12.5 Å². The number of amides is 1. The number of thiophene rings is 1. The average molecular weight is 331 g/mol. The van der Waals surface area contributed by atoms with Gasteiger partial charge in [0.2, 0.25) is 0 Å². The summed E-state index contributed by atoms with van der Waals surface area (Å²) in [7, 11) is 0. The van der Waals surface area contributed by atoms with Gasteiger partial charge in [0.05, 0.1) is 0 Å². The Balaban J connectivity index is 1.89. The summed E-state index contributed by atoms with van der Waals surface area (Å²) < 4.78 is 5.64. The molecule has 1 aromatic heterocycles. The van der Waals surface area contributed by atoms with E-state index in [9.17, 15) is 9.59 Å². The van der Waals surface area contributed by atoms with Crippen LogP contribution in [0.3, 0.4) is 0 Å². The van der Waals surface area contributed by atoms with Crippen LogP contribution in [0.5, 0.6) is 5.75 Å². The van der Waals surface area contributed by atoms with E-state index in [-0.39, 0.29) is 17.7 Å². The van der Waals surface area contributed by atoms with Gasteiger partial charge in [0.25, 0.3) is 5.91 Å². The van der Waals surface area contributed by atoms with Crippen molar-refractivity contribution < 1.29 is 14.3 Å². The summed E-state index contributed by atoms with van der Waals surface area (Å²) in [6, 6.07) is 8.96. The highest BCUT2D eigenvalue weighted by atomic mass is 32.1. The van der Waals surface area contributed by atoms with E-state index in [0.29, 0.717) is 11.3 Å². The van der Waals surface area contributed by atoms with Crippen molar-refractivity contribution in [2.45, 2.75) is 39.3 Å². The van der Waals surface area contributed by atoms with Crippen LogP contribution in [0, 0.1) is 0 Å². The highest BCUT2D eigenvalue weighted by Crippen LogP contribution is 2.15. The number of carbonyl (C=O) groups excluding carboxylic acids is 2. The molecule has 0 saturated heterocycles. The Hall–Kier alpha value is -2.14. The van der Waals surface area contributed by atoms with Crippen molar-refractivity contribution in [2.24, 2.45) is 0 Å². The number of carbonyl (C=O) groups is 2. The number of hydrogen-bond acceptors (Lipinski definition) is 4. The van der Waals surface area contributed by atoms with Crippen molar-refractivity contribution in [1.29, 1.82) is 0 Å². The topological polar surface area (TPSA) is 55.4 Å². The second-order valence-corrected chi connectivity index (χ2v) is 6.37. The normalized spacial score (nSPS) is 13.2. The molecule has 1 aromatic carbocycles. The van der Waals surface area contributed by atoms with Gasteiger partial charge in [-0.2, -0.15) is 11.3 Å². The fraction of sp³-hybridized carbons (Fsp3) is 0.333. The van der Waals surface area contributed by atoms with Crippen molar-refractivity contribution >= 4 is 23.0 Å². The summed E-state index contributed by atoms with van der Waals surface area (Å²) in [5, 5.41) is 7.05. The van der Waals surface area contributed by atoms with Gasteiger partial charge in [0.1, 0.15) is 5.75 Å². The number of Topliss-reactive ketones (excluding diaryl/α,β-unsaturated/α-hetero) is 1. The molecule has 1 heterocycles. The monoisotopic (exact) mass is 331 g/mol. The molecule has 23 heavy (non-hydrogen) atoms. The molecular formula is C18H21NO3S. The lowest BCUT2D eigenvalue weighted by atomic mass is 10.1. The summed E-state index contributed by atoms with van der Waals surface area (Å²) in [6.45, 7) is 5.17. The zero-order valence-electron chi connectivity index (χ0n) is 13.5. The third kappa shape index (κ3) is 5.21. The molecule has 0 aliphatic heterocycles. The molecule has 5 heteroatoms. The van der Waals surface area contributed by atoms with Crippen LogP contribution in [0.25, 0.3) is 0 Å². The lowest BCUT2D eigenvalue weighted by Crippen LogP contribution is -2.42. The van der Waals surface area contributed by atoms with Crippen molar-refractivity contribution in [1.82, 2.24) is 5.32 Å². The highest BCUT2D eigenvalue weighted by Gasteiger charge is 2.17. The lowest BCUT2D eigenvalue weighted by Gasteiger charge is -2.18. The molecule has 0 bridgehead atoms. The van der Waals surface area contributed by atoms with Crippen LogP contribution in [0.15, 0.2) is 41.1 Å². The number of nitrogens with one attached hydrogen (secondary N) is 1. The molecule has 0 radical (unpaired) electrons. The number of benzene rings is 1. The van der Waals surface area contributed by atoms with Crippen LogP contribution in [0.2, 0.25) is 0 Å². The summed E-state index contributed by atoms with van der Waals surface area (Å²) in [4.78, 5) is 23.6. The Kier molecular flexibility index (Phi) is 5.93. The third-order valence-corrected chi connectivity index (χ3v) is 4.17. The maximum atomic E-state index is 12.2. The molecule has 0 aliphatic carbocycles. The molecule has 2 atom stereocenters. The average Bonchev–Trinajstić information content (AvgIpc) is 3.00. The van der Waals surface area contributed by atoms with Crippen LogP contribution in [0.4, 0.5) is 0 Å². The Morgan fingerprint density at radius 2 is 2.04 bits per heavy atom. The SMILES string of the molecule is CC(=O)c1cccc(O[C@@H](C)C(=O)N[C@H](C)Cc2ccsc2)c1. The van der Waals surface area contributed by atoms with Crippen LogP contribution in [-0.2, 0) is 11.2 Å². The van der Waals surface area contributed by atoms with Gasteiger partial charge in [-0.1, -0.05) is 12.1 Å². The van der Waals surface area contributed by atoms with E-state index in [0.717, 1.165) is 6.42 Å². The molecule has 0 spiro atoms. The maximum Gasteiger partial charge on any atom is 0.260 e. The van der Waals surface area contributed by atoms with Gasteiger partial charge in [-0.25, -0.2) is 0 Å². The molecule has 4 nitrogen and oxygen atoms in total. The first-order chi connectivity index (χ1) is 11.0. The second kappa shape index (κ2) is 7.92. The number of hydrogen-bond donors (Lipinski definition) is 1. The molecular weight excluding hydrogens is 310 g/mol. The first kappa shape index (κ1) is 17.2. The first-order valence-electron chi connectivity index (χ1n) is 7.55. The van der Waals surface area contributed by atoms with Crippen molar-refractivity contribution in [2.75, 3.05) is 0 Å². The summed E-state index contributed by atoms with van der Waals surface area (Å²) in [5.74, 6) is 0.323. The van der Waals surface area contributed by atoms with Gasteiger partial charge < -0.3 is 10.1 Å². The van der Waals surface area contributed by atoms with Crippen molar-refractivity contribution in [3.63, 3.8) is 0 Å². The number of rotatable bonds is 7. The van der Waals surface area contributed by atoms with Crippen molar-refractivity contribution in [3.8, 4) is 5.75 Å². The lowest BCUT2D eigenvalue weighted by molar-refractivity contribution is -0.127. The van der Waals surface area contributed by atoms with Crippen LogP contribution >= 0.6 is 11.3 Å². The molecule has 0 unspecified atom stereocenters. The molecule has 0 aliphatic rings. The minimum absolute atomic E-state index is 0.0306. The Morgan fingerprint density at radius 1 is 1.26 bits per heavy atom. The van der Waals surface area contributed by atoms with E-state index >= 15 is 0 Å². The molecule has 122 valence electrons. The number of ether oxygens (including phenoxy) is 1. The zero-order valence-corrected chi connectivity index (χ0v) is 14.4. The van der Waals surface area contributed by atoms with Gasteiger partial charge in [-0.3, -0.25) is 9.59 Å². The zero-order chi connectivity index (χ0) is 16.8. The summed E-state index contributed by atoms with van der Waals surface area (Å²) >= 11 is 1.65. The predicted octanol–water partition coefficient (Wildman–Crippen LogP) is 3.47. The first-order valence-corrected chi connectivity index (χ1v) is 8.49. The van der Waals surface area contributed by atoms with Gasteiger partial charge in [-0.15, -0.1) is 0 Å². The fourth-order valence-corrected chi connectivity index (χ4v) is 2.90. The molecule has 0 saturated carbocycles. The van der Waals surface area contributed by atoms with E-state index in [1.54, 1.807) is 42.5 Å². The molecule has 1 N–H and O–H groups in total. The standard InChI is InChI=1S/C18H21NO3S/c1-12(9-15-7-8-23-11-15)19-18(21)14(3)22-17-6-4-5-16(10-17)13(2)20/h4-8,10-12,14H,9H2,1-3H3,(H,19,21)/t12-,14+/m1/s1. The van der Waals surface area contributed by atoms with Gasteiger partial charge in [0.15, 0.2) is 11.9 Å². The maximum absolute atomic E-state index is 12.2. The fourth-order valence-electron chi connectivity index (χ4n) is 2.22. The molecule has 2 rings (SSSR count). The number of ketones is 1. The minimum Gasteiger partial charge on any atom is -0.481 e. The smallest absolute Gasteiger partial charge is 0.260 e. The second-order valence-electron chi connectivity index (χ2n) is 5.59. The largest absolute Gasteiger partial charge is 0.481 e. The molecule has 0 fully saturated rings. The van der Waals surface area contributed by atoms with E-state index in [4.69, 9.17) is 4.74 Å². The van der Waals surface area contributed by atoms with Crippen molar-refractivity contribution in [3.05, 3.63) is 52.2 Å². The van der Waals surface area contributed by atoms with Gasteiger partial charge in [0, 0.05) is 11.6 Å². The summed E-state index contributed by atoms with van der Waals surface area (Å²) in [5.41, 5.74) is 1.78. The predicted molar refractivity (Wildman–Crippen MR) is 92.2 cm³/mol. The van der Waals surface area contributed by atoms with E-state index in [1.807, 2.05) is 12.3 Å². The van der Waals surface area contributed by atoms with Gasteiger partial charge >= 0.3 is 0 Å². The minimum atomic E-state index is -0.623. The van der Waals surface area contributed by atoms with E-state index < -0.39 is 6.10 Å².